The molecular formula is C20H24N4O2S2. The van der Waals surface area contributed by atoms with Gasteiger partial charge in [-0.15, -0.1) is 22.7 Å². The lowest BCUT2D eigenvalue weighted by Crippen LogP contribution is -2.36. The summed E-state index contributed by atoms with van der Waals surface area (Å²) in [6.45, 7) is 5.87. The van der Waals surface area contributed by atoms with Crippen molar-refractivity contribution in [1.82, 2.24) is 14.9 Å². The Hall–Kier alpha value is -1.58. The van der Waals surface area contributed by atoms with Crippen LogP contribution in [0.2, 0.25) is 0 Å². The normalized spacial score (nSPS) is 20.8. The third-order valence-electron chi connectivity index (χ3n) is 5.26. The molecule has 0 spiro atoms. The zero-order valence-electron chi connectivity index (χ0n) is 15.7. The zero-order valence-corrected chi connectivity index (χ0v) is 17.4. The van der Waals surface area contributed by atoms with E-state index in [1.54, 1.807) is 22.7 Å². The minimum Gasteiger partial charge on any atom is -0.379 e. The fraction of sp³-hybridized carbons (Fsp3) is 0.500. The summed E-state index contributed by atoms with van der Waals surface area (Å²) in [7, 11) is 0. The van der Waals surface area contributed by atoms with E-state index < -0.39 is 0 Å². The van der Waals surface area contributed by atoms with Crippen LogP contribution in [0.1, 0.15) is 18.7 Å². The average molecular weight is 417 g/mol. The van der Waals surface area contributed by atoms with Crippen molar-refractivity contribution in [2.75, 3.05) is 44.8 Å². The summed E-state index contributed by atoms with van der Waals surface area (Å²) < 4.78 is 11.3. The van der Waals surface area contributed by atoms with Gasteiger partial charge < -0.3 is 14.8 Å². The number of anilines is 1. The number of ether oxygens (including phenoxy) is 2. The minimum atomic E-state index is 0.275. The van der Waals surface area contributed by atoms with E-state index in [-0.39, 0.29) is 6.10 Å². The predicted octanol–water partition coefficient (Wildman–Crippen LogP) is 3.84. The van der Waals surface area contributed by atoms with Crippen LogP contribution in [-0.4, -0.2) is 60.4 Å². The molecule has 28 heavy (non-hydrogen) atoms. The highest BCUT2D eigenvalue weighted by Crippen LogP contribution is 2.39. The smallest absolute Gasteiger partial charge is 0.146 e. The molecule has 2 aliphatic heterocycles. The van der Waals surface area contributed by atoms with Crippen LogP contribution < -0.4 is 5.32 Å². The number of fused-ring (bicyclic) bond motifs is 1. The molecule has 3 aromatic heterocycles. The number of hydrogen-bond donors (Lipinski definition) is 1. The van der Waals surface area contributed by atoms with Gasteiger partial charge in [-0.25, -0.2) is 9.97 Å². The highest BCUT2D eigenvalue weighted by atomic mass is 32.1. The monoisotopic (exact) mass is 416 g/mol. The summed E-state index contributed by atoms with van der Waals surface area (Å²) in [6.07, 6.45) is 2.53. The summed E-state index contributed by atoms with van der Waals surface area (Å²) in [5, 5.41) is 9.05. The van der Waals surface area contributed by atoms with Crippen molar-refractivity contribution in [1.29, 1.82) is 0 Å². The van der Waals surface area contributed by atoms with E-state index in [2.05, 4.69) is 33.1 Å². The van der Waals surface area contributed by atoms with Gasteiger partial charge in [0.2, 0.25) is 0 Å². The standard InChI is InChI=1S/C20H24N4O2S2/c1-3-14(26-7-1)11-21-19-18-15(16-4-2-10-27-16)13-28-20(18)23-17(22-19)12-24-5-8-25-9-6-24/h2,4,10,13-14H,1,3,5-9,11-12H2,(H,21,22,23)/t14-/m0/s1. The molecule has 0 aromatic carbocycles. The fourth-order valence-electron chi connectivity index (χ4n) is 3.77. The van der Waals surface area contributed by atoms with Crippen molar-refractivity contribution >= 4 is 38.7 Å². The predicted molar refractivity (Wildman–Crippen MR) is 114 cm³/mol. The number of nitrogens with zero attached hydrogens (tertiary/aromatic N) is 3. The number of morpholine rings is 1. The van der Waals surface area contributed by atoms with Gasteiger partial charge in [0.25, 0.3) is 0 Å². The fourth-order valence-corrected chi connectivity index (χ4v) is 5.55. The van der Waals surface area contributed by atoms with Crippen LogP contribution in [0, 0.1) is 0 Å². The van der Waals surface area contributed by atoms with Crippen molar-refractivity contribution in [2.24, 2.45) is 0 Å². The molecule has 8 heteroatoms. The SMILES string of the molecule is c1csc(-c2csc3nc(CN4CCOCC4)nc(NC[C@@H]4CCCO4)c23)c1. The topological polar surface area (TPSA) is 59.5 Å². The van der Waals surface area contributed by atoms with Crippen LogP contribution >= 0.6 is 22.7 Å². The first kappa shape index (κ1) is 18.4. The van der Waals surface area contributed by atoms with Crippen molar-refractivity contribution in [2.45, 2.75) is 25.5 Å². The highest BCUT2D eigenvalue weighted by molar-refractivity contribution is 7.18. The third kappa shape index (κ3) is 3.92. The molecule has 2 fully saturated rings. The molecule has 5 rings (SSSR count). The Balaban J connectivity index is 1.48. The van der Waals surface area contributed by atoms with Crippen molar-refractivity contribution in [3.05, 3.63) is 28.7 Å². The lowest BCUT2D eigenvalue weighted by Gasteiger charge is -2.26. The molecule has 0 unspecified atom stereocenters. The lowest BCUT2D eigenvalue weighted by atomic mass is 10.2. The minimum absolute atomic E-state index is 0.275. The van der Waals surface area contributed by atoms with Crippen LogP contribution in [0.4, 0.5) is 5.82 Å². The summed E-state index contributed by atoms with van der Waals surface area (Å²) in [5.74, 6) is 1.82. The first-order chi connectivity index (χ1) is 13.9. The number of hydrogen-bond acceptors (Lipinski definition) is 8. The van der Waals surface area contributed by atoms with E-state index in [1.165, 1.54) is 10.4 Å². The first-order valence-corrected chi connectivity index (χ1v) is 11.6. The maximum absolute atomic E-state index is 5.80. The van der Waals surface area contributed by atoms with Crippen molar-refractivity contribution in [3.63, 3.8) is 0 Å². The Morgan fingerprint density at radius 2 is 2.11 bits per heavy atom. The van der Waals surface area contributed by atoms with Gasteiger partial charge in [-0.3, -0.25) is 4.90 Å². The molecule has 148 valence electrons. The maximum atomic E-state index is 5.80. The summed E-state index contributed by atoms with van der Waals surface area (Å²) >= 11 is 3.46. The van der Waals surface area contributed by atoms with Gasteiger partial charge in [0.05, 0.1) is 31.2 Å². The Kier molecular flexibility index (Phi) is 5.55. The van der Waals surface area contributed by atoms with E-state index >= 15 is 0 Å². The molecule has 0 amide bonds. The second kappa shape index (κ2) is 8.42. The van der Waals surface area contributed by atoms with E-state index in [4.69, 9.17) is 19.4 Å². The summed E-state index contributed by atoms with van der Waals surface area (Å²) in [5.41, 5.74) is 1.22. The van der Waals surface area contributed by atoms with Crippen LogP contribution in [0.15, 0.2) is 22.9 Å². The molecule has 0 radical (unpaired) electrons. The Morgan fingerprint density at radius 3 is 2.89 bits per heavy atom. The summed E-state index contributed by atoms with van der Waals surface area (Å²) in [6, 6.07) is 4.26. The third-order valence-corrected chi connectivity index (χ3v) is 7.03. The first-order valence-electron chi connectivity index (χ1n) is 9.84. The van der Waals surface area contributed by atoms with E-state index in [0.717, 1.165) is 80.7 Å². The second-order valence-corrected chi connectivity index (χ2v) is 9.01. The van der Waals surface area contributed by atoms with Gasteiger partial charge in [-0.05, 0) is 24.3 Å². The molecule has 3 aromatic rings. The quantitative estimate of drug-likeness (QED) is 0.659. The molecular weight excluding hydrogens is 392 g/mol. The molecule has 0 aliphatic carbocycles. The maximum Gasteiger partial charge on any atom is 0.146 e. The van der Waals surface area contributed by atoms with Gasteiger partial charge in [-0.1, -0.05) is 6.07 Å². The zero-order chi connectivity index (χ0) is 18.8. The Labute approximate surface area is 172 Å². The molecule has 5 heterocycles. The lowest BCUT2D eigenvalue weighted by molar-refractivity contribution is 0.0331. The highest BCUT2D eigenvalue weighted by Gasteiger charge is 2.20. The van der Waals surface area contributed by atoms with Gasteiger partial charge in [0, 0.05) is 42.1 Å². The van der Waals surface area contributed by atoms with Gasteiger partial charge in [-0.2, -0.15) is 0 Å². The van der Waals surface area contributed by atoms with Crippen molar-refractivity contribution < 1.29 is 9.47 Å². The summed E-state index contributed by atoms with van der Waals surface area (Å²) in [4.78, 5) is 14.5. The van der Waals surface area contributed by atoms with E-state index in [1.807, 2.05) is 0 Å². The van der Waals surface area contributed by atoms with E-state index in [0.29, 0.717) is 0 Å². The van der Waals surface area contributed by atoms with Crippen LogP contribution in [0.5, 0.6) is 0 Å². The number of thiophene rings is 2. The number of aromatic nitrogens is 2. The second-order valence-electron chi connectivity index (χ2n) is 7.20. The van der Waals surface area contributed by atoms with E-state index in [9.17, 15) is 0 Å². The molecule has 6 nitrogen and oxygen atoms in total. The number of rotatable bonds is 6. The molecule has 0 saturated carbocycles. The van der Waals surface area contributed by atoms with Crippen molar-refractivity contribution in [3.8, 4) is 10.4 Å². The molecule has 2 saturated heterocycles. The van der Waals surface area contributed by atoms with Gasteiger partial charge >= 0.3 is 0 Å². The molecule has 1 atom stereocenters. The Bertz CT molecular complexity index is 916. The van der Waals surface area contributed by atoms with Crippen LogP contribution in [0.25, 0.3) is 20.7 Å². The number of nitrogens with one attached hydrogen (secondary N) is 1. The average Bonchev–Trinajstić information content (AvgIpc) is 3.47. The Morgan fingerprint density at radius 1 is 1.18 bits per heavy atom. The molecule has 2 aliphatic rings. The van der Waals surface area contributed by atoms with Crippen LogP contribution in [0.3, 0.4) is 0 Å². The molecule has 0 bridgehead atoms. The van der Waals surface area contributed by atoms with Gasteiger partial charge in [0.15, 0.2) is 0 Å². The largest absolute Gasteiger partial charge is 0.379 e. The van der Waals surface area contributed by atoms with Crippen LogP contribution in [-0.2, 0) is 16.0 Å². The van der Waals surface area contributed by atoms with Gasteiger partial charge in [0.1, 0.15) is 16.5 Å². The molecule has 1 N–H and O–H groups in total.